The highest BCUT2D eigenvalue weighted by atomic mass is 16.5. The Balaban J connectivity index is 1.01. The highest BCUT2D eigenvalue weighted by Crippen LogP contribution is 2.59. The summed E-state index contributed by atoms with van der Waals surface area (Å²) in [5.74, 6) is 2.36. The van der Waals surface area contributed by atoms with E-state index in [1.54, 1.807) is 0 Å². The van der Waals surface area contributed by atoms with E-state index in [9.17, 15) is 0 Å². The monoisotopic (exact) mass is 1090 g/mol. The van der Waals surface area contributed by atoms with Crippen LogP contribution in [0.15, 0.2) is 249 Å². The van der Waals surface area contributed by atoms with Gasteiger partial charge >= 0.3 is 0 Å². The molecule has 2 aliphatic rings. The van der Waals surface area contributed by atoms with Gasteiger partial charge in [-0.1, -0.05) is 226 Å². The topological polar surface area (TPSA) is 33.5 Å². The predicted octanol–water partition coefficient (Wildman–Crippen LogP) is 20.8. The molecular weight excluding hydrogens is 1020 g/mol. The van der Waals surface area contributed by atoms with E-state index in [0.29, 0.717) is 6.67 Å². The molecule has 0 saturated carbocycles. The van der Waals surface area contributed by atoms with Crippen molar-refractivity contribution in [2.24, 2.45) is 0 Å². The molecule has 0 amide bonds. The van der Waals surface area contributed by atoms with Gasteiger partial charge in [0.25, 0.3) is 0 Å². The number of benzene rings is 10. The molecule has 2 aromatic heterocycles. The molecule has 12 aromatic rings. The van der Waals surface area contributed by atoms with Crippen LogP contribution in [0.1, 0.15) is 101 Å². The van der Waals surface area contributed by atoms with Crippen molar-refractivity contribution < 1.29 is 4.74 Å². The minimum atomic E-state index is -0.722. The average molecular weight is 1090 g/mol. The number of aromatic nitrogens is 2. The molecule has 0 fully saturated rings. The number of hydrogen-bond donors (Lipinski definition) is 0. The van der Waals surface area contributed by atoms with E-state index in [1.807, 2.05) is 6.20 Å². The third-order valence-electron chi connectivity index (χ3n) is 17.7. The number of fused-ring (bicyclic) bond motifs is 7. The molecule has 412 valence electrons. The highest BCUT2D eigenvalue weighted by molar-refractivity contribution is 6.09. The number of ether oxygens (including phenoxy) is 1. The first-order chi connectivity index (χ1) is 40.5. The predicted molar refractivity (Wildman–Crippen MR) is 351 cm³/mol. The highest BCUT2D eigenvalue weighted by Gasteiger charge is 2.47. The van der Waals surface area contributed by atoms with E-state index >= 15 is 0 Å². The van der Waals surface area contributed by atoms with Crippen LogP contribution in [0, 0.1) is 0 Å². The number of para-hydroxylation sites is 3. The third-order valence-corrected chi connectivity index (χ3v) is 17.7. The zero-order chi connectivity index (χ0) is 57.7. The largest absolute Gasteiger partial charge is 0.457 e. The fourth-order valence-electron chi connectivity index (χ4n) is 13.3. The van der Waals surface area contributed by atoms with Crippen molar-refractivity contribution in [3.05, 3.63) is 288 Å². The Kier molecular flexibility index (Phi) is 12.5. The van der Waals surface area contributed by atoms with Crippen molar-refractivity contribution in [3.8, 4) is 50.7 Å². The summed E-state index contributed by atoms with van der Waals surface area (Å²) >= 11 is 0. The Labute approximate surface area is 495 Å². The second-order valence-corrected chi connectivity index (χ2v) is 26.1. The maximum Gasteiger partial charge on any atom is 0.137 e. The van der Waals surface area contributed by atoms with Crippen LogP contribution in [0.2, 0.25) is 0 Å². The SMILES string of the molecule is CC(C)(C)c1ccc(C2(c3cc(Oc4ccc5c6ccccc6n(-c6cc(C(C)(C)C)ccn6)c5c4)cc(N4CN(c5c(-c6ccccc6)cc(C(C)(C)C)cc5-c5ccccc5)c5ccccc54)c3)c3ccccc3-c3ccccc32)cc1. The summed E-state index contributed by atoms with van der Waals surface area (Å²) in [4.78, 5) is 10.1. The smallest absolute Gasteiger partial charge is 0.137 e. The lowest BCUT2D eigenvalue weighted by atomic mass is 9.67. The summed E-state index contributed by atoms with van der Waals surface area (Å²) in [6.07, 6.45) is 1.94. The molecule has 5 heteroatoms. The Bertz CT molecular complexity index is 4390. The van der Waals surface area contributed by atoms with Gasteiger partial charge in [0, 0.05) is 45.9 Å². The molecule has 1 aliphatic carbocycles. The number of anilines is 4. The molecule has 0 unspecified atom stereocenters. The standard InChI is InChI=1S/C79H70N4O/c1-76(2,3)54-36-38-55(39-37-54)79(68-31-19-16-28-62(68)63-29-17-20-32-69(63)79)58-44-59(49-61(45-58)84-60-40-41-65-64-30-18-21-33-70(64)83(73(65)50-60)74-48-56(42-43-80-74)77(4,5)6)81-51-82(72-35-23-22-34-71(72)81)75-66(52-24-12-10-13-25-52)46-57(78(7,8)9)47-67(75)53-26-14-11-15-27-53/h10-50H,51H2,1-9H3. The Morgan fingerprint density at radius 1 is 0.393 bits per heavy atom. The second kappa shape index (κ2) is 19.9. The minimum Gasteiger partial charge on any atom is -0.457 e. The van der Waals surface area contributed by atoms with E-state index in [1.165, 1.54) is 77.8 Å². The van der Waals surface area contributed by atoms with E-state index in [4.69, 9.17) is 9.72 Å². The molecule has 1 aliphatic heterocycles. The molecular formula is C79H70N4O. The van der Waals surface area contributed by atoms with E-state index in [2.05, 4.69) is 319 Å². The van der Waals surface area contributed by atoms with Crippen molar-refractivity contribution in [1.82, 2.24) is 9.55 Å². The molecule has 0 spiro atoms. The van der Waals surface area contributed by atoms with Gasteiger partial charge in [-0.05, 0) is 144 Å². The Morgan fingerprint density at radius 3 is 1.56 bits per heavy atom. The molecule has 0 atom stereocenters. The van der Waals surface area contributed by atoms with Crippen LogP contribution in [-0.4, -0.2) is 16.2 Å². The lowest BCUT2D eigenvalue weighted by Crippen LogP contribution is -2.30. The Hall–Kier alpha value is -9.45. The summed E-state index contributed by atoms with van der Waals surface area (Å²) in [7, 11) is 0. The third kappa shape index (κ3) is 8.79. The van der Waals surface area contributed by atoms with Crippen molar-refractivity contribution in [1.29, 1.82) is 0 Å². The second-order valence-electron chi connectivity index (χ2n) is 26.1. The molecule has 0 N–H and O–H groups in total. The summed E-state index contributed by atoms with van der Waals surface area (Å²) < 4.78 is 9.80. The number of nitrogens with zero attached hydrogens (tertiary/aromatic N) is 4. The van der Waals surface area contributed by atoms with Crippen molar-refractivity contribution in [2.45, 2.75) is 84.0 Å². The molecule has 0 radical (unpaired) electrons. The van der Waals surface area contributed by atoms with Gasteiger partial charge in [-0.25, -0.2) is 4.98 Å². The first-order valence-corrected chi connectivity index (χ1v) is 29.6. The van der Waals surface area contributed by atoms with Gasteiger partial charge in [-0.2, -0.15) is 0 Å². The number of pyridine rings is 1. The molecule has 0 bridgehead atoms. The van der Waals surface area contributed by atoms with Crippen LogP contribution in [-0.2, 0) is 21.7 Å². The van der Waals surface area contributed by atoms with Crippen LogP contribution < -0.4 is 14.5 Å². The summed E-state index contributed by atoms with van der Waals surface area (Å²) in [6, 6.07) is 89.9. The zero-order valence-corrected chi connectivity index (χ0v) is 49.6. The summed E-state index contributed by atoms with van der Waals surface area (Å²) in [6.45, 7) is 21.2. The normalized spacial score (nSPS) is 13.8. The summed E-state index contributed by atoms with van der Waals surface area (Å²) in [5, 5.41) is 2.31. The van der Waals surface area contributed by atoms with Crippen molar-refractivity contribution in [2.75, 3.05) is 16.5 Å². The lowest BCUT2D eigenvalue weighted by Gasteiger charge is -2.35. The number of hydrogen-bond acceptors (Lipinski definition) is 4. The molecule has 0 saturated heterocycles. The first kappa shape index (κ1) is 52.6. The van der Waals surface area contributed by atoms with E-state index in [-0.39, 0.29) is 16.2 Å². The maximum atomic E-state index is 7.50. The summed E-state index contributed by atoms with van der Waals surface area (Å²) in [5.41, 5.74) is 21.5. The molecule has 10 aromatic carbocycles. The van der Waals surface area contributed by atoms with Gasteiger partial charge in [0.2, 0.25) is 0 Å². The fraction of sp³-hybridized carbons (Fsp3) is 0.177. The van der Waals surface area contributed by atoms with Crippen LogP contribution in [0.4, 0.5) is 22.7 Å². The molecule has 3 heterocycles. The maximum absolute atomic E-state index is 7.50. The van der Waals surface area contributed by atoms with E-state index < -0.39 is 5.41 Å². The van der Waals surface area contributed by atoms with Crippen molar-refractivity contribution >= 4 is 44.6 Å². The minimum absolute atomic E-state index is 0.0286. The Morgan fingerprint density at radius 2 is 0.940 bits per heavy atom. The molecule has 14 rings (SSSR count). The van der Waals surface area contributed by atoms with E-state index in [0.717, 1.165) is 56.4 Å². The van der Waals surface area contributed by atoms with Gasteiger partial charge in [0.15, 0.2) is 0 Å². The van der Waals surface area contributed by atoms with Gasteiger partial charge in [0.05, 0.1) is 33.5 Å². The fourth-order valence-corrected chi connectivity index (χ4v) is 13.3. The van der Waals surface area contributed by atoms with Gasteiger partial charge in [-0.3, -0.25) is 4.57 Å². The first-order valence-electron chi connectivity index (χ1n) is 29.6. The quantitative estimate of drug-likeness (QED) is 0.144. The van der Waals surface area contributed by atoms with Crippen molar-refractivity contribution in [3.63, 3.8) is 0 Å². The van der Waals surface area contributed by atoms with Crippen LogP contribution >= 0.6 is 0 Å². The lowest BCUT2D eigenvalue weighted by molar-refractivity contribution is 0.482. The zero-order valence-electron chi connectivity index (χ0n) is 49.6. The van der Waals surface area contributed by atoms with Crippen LogP contribution in [0.3, 0.4) is 0 Å². The van der Waals surface area contributed by atoms with Crippen LogP contribution in [0.5, 0.6) is 11.5 Å². The van der Waals surface area contributed by atoms with Gasteiger partial charge < -0.3 is 14.5 Å². The average Bonchev–Trinajstić information content (AvgIpc) is 1.57. The molecule has 84 heavy (non-hydrogen) atoms. The van der Waals surface area contributed by atoms with Gasteiger partial charge in [0.1, 0.15) is 24.0 Å². The number of rotatable bonds is 9. The van der Waals surface area contributed by atoms with Crippen LogP contribution in [0.25, 0.3) is 61.0 Å². The van der Waals surface area contributed by atoms with Gasteiger partial charge in [-0.15, -0.1) is 0 Å². The molecule has 5 nitrogen and oxygen atoms in total.